The van der Waals surface area contributed by atoms with Crippen molar-refractivity contribution in [3.05, 3.63) is 118 Å². The first-order chi connectivity index (χ1) is 27.2. The van der Waals surface area contributed by atoms with Crippen molar-refractivity contribution in [1.82, 2.24) is 10.3 Å². The molecule has 3 aliphatic rings. The minimum atomic E-state index is -1.06. The molecule has 1 aromatic heterocycles. The molecule has 0 aliphatic heterocycles. The molecule has 7 rings (SSSR count). The Morgan fingerprint density at radius 3 is 2.59 bits per heavy atom. The fourth-order valence-corrected chi connectivity index (χ4v) is 10.1. The molecule has 0 unspecified atom stereocenters. The number of carbonyl (C=O) groups is 1. The topological polar surface area (TPSA) is 92.7 Å². The van der Waals surface area contributed by atoms with Crippen LogP contribution >= 0.6 is 11.6 Å². The summed E-state index contributed by atoms with van der Waals surface area (Å²) in [4.78, 5) is 17.7. The SMILES string of the molecule is C[C@@H](COc1ccnc2c1[C@H](C)CCC2)C[C@H]1Cc2ccc(OCCCCNCCCc3ccccc3)cc2C12CCC(Nc1cccc(Cl)c1)(C(=O)O)CC2. The van der Waals surface area contributed by atoms with Gasteiger partial charge in [-0.25, -0.2) is 4.79 Å². The van der Waals surface area contributed by atoms with Gasteiger partial charge in [0.25, 0.3) is 0 Å². The van der Waals surface area contributed by atoms with Crippen molar-refractivity contribution in [3.8, 4) is 11.5 Å². The van der Waals surface area contributed by atoms with E-state index >= 15 is 0 Å². The van der Waals surface area contributed by atoms with Crippen molar-refractivity contribution in [1.29, 1.82) is 0 Å². The molecule has 1 fully saturated rings. The number of carboxylic acids is 1. The van der Waals surface area contributed by atoms with Crippen molar-refractivity contribution >= 4 is 23.3 Å². The standard InChI is InChI=1S/C48H60ClN3O4/c1-34(33-56-44-20-27-51-43-17-8-11-35(2)45(43)44)29-38-30-37-18-19-41(55-28-7-6-25-50-26-10-14-36-12-4-3-5-13-36)32-42(37)47(38)21-23-48(24-22-47,46(53)54)52-40-16-9-15-39(49)31-40/h3-5,9,12-13,15-16,18-20,27,31-32,34-35,38,50,52H,6-8,10-11,14,17,21-26,28-30,33H2,1-2H3,(H,53,54)/t34-,35-,38+,47?,48?/m1/s1. The summed E-state index contributed by atoms with van der Waals surface area (Å²) in [6.45, 7) is 7.95. The van der Waals surface area contributed by atoms with Crippen LogP contribution in [0.3, 0.4) is 0 Å². The molecule has 0 radical (unpaired) electrons. The number of benzene rings is 3. The maximum atomic E-state index is 13.0. The molecule has 0 saturated heterocycles. The number of nitrogens with one attached hydrogen (secondary N) is 2. The predicted molar refractivity (Wildman–Crippen MR) is 226 cm³/mol. The maximum absolute atomic E-state index is 13.0. The first-order valence-electron chi connectivity index (χ1n) is 21.1. The van der Waals surface area contributed by atoms with Gasteiger partial charge in [0.1, 0.15) is 17.0 Å². The van der Waals surface area contributed by atoms with E-state index < -0.39 is 11.5 Å². The Hall–Kier alpha value is -4.07. The molecule has 0 amide bonds. The summed E-state index contributed by atoms with van der Waals surface area (Å²) in [6.07, 6.45) is 14.2. The van der Waals surface area contributed by atoms with Gasteiger partial charge in [0.2, 0.25) is 0 Å². The van der Waals surface area contributed by atoms with Crippen molar-refractivity contribution < 1.29 is 19.4 Å². The second-order valence-corrected chi connectivity index (χ2v) is 17.3. The van der Waals surface area contributed by atoms with Crippen molar-refractivity contribution in [2.24, 2.45) is 11.8 Å². The average Bonchev–Trinajstić information content (AvgIpc) is 3.48. The zero-order chi connectivity index (χ0) is 39.0. The van der Waals surface area contributed by atoms with Crippen LogP contribution in [-0.4, -0.2) is 47.9 Å². The molecule has 3 N–H and O–H groups in total. The Kier molecular flexibility index (Phi) is 13.2. The minimum Gasteiger partial charge on any atom is -0.494 e. The molecule has 3 atom stereocenters. The Morgan fingerprint density at radius 1 is 0.964 bits per heavy atom. The van der Waals surface area contributed by atoms with Crippen molar-refractivity contribution in [2.75, 3.05) is 31.6 Å². The summed E-state index contributed by atoms with van der Waals surface area (Å²) < 4.78 is 13.0. The van der Waals surface area contributed by atoms with Crippen molar-refractivity contribution in [3.63, 3.8) is 0 Å². The number of aryl methyl sites for hydroxylation is 2. The largest absolute Gasteiger partial charge is 0.494 e. The van der Waals surface area contributed by atoms with Gasteiger partial charge < -0.3 is 25.2 Å². The third kappa shape index (κ3) is 9.37. The summed E-state index contributed by atoms with van der Waals surface area (Å²) >= 11 is 6.31. The second kappa shape index (κ2) is 18.5. The number of fused-ring (bicyclic) bond motifs is 3. The van der Waals surface area contributed by atoms with Crippen LogP contribution in [0.1, 0.15) is 112 Å². The molecule has 298 valence electrons. The van der Waals surface area contributed by atoms with E-state index in [1.807, 2.05) is 36.5 Å². The van der Waals surface area contributed by atoms with Gasteiger partial charge in [-0.3, -0.25) is 4.98 Å². The van der Waals surface area contributed by atoms with E-state index in [4.69, 9.17) is 21.1 Å². The van der Waals surface area contributed by atoms with Gasteiger partial charge in [0.05, 0.1) is 13.2 Å². The van der Waals surface area contributed by atoms with Crippen LogP contribution in [0, 0.1) is 11.8 Å². The fourth-order valence-electron chi connectivity index (χ4n) is 9.90. The van der Waals surface area contributed by atoms with E-state index in [0.29, 0.717) is 48.8 Å². The molecule has 4 aromatic rings. The third-order valence-corrected chi connectivity index (χ3v) is 13.2. The molecule has 1 spiro atoms. The molecule has 7 nitrogen and oxygen atoms in total. The van der Waals surface area contributed by atoms with Crippen LogP contribution in [0.4, 0.5) is 5.69 Å². The second-order valence-electron chi connectivity index (χ2n) is 16.9. The summed E-state index contributed by atoms with van der Waals surface area (Å²) in [5.41, 5.74) is 6.16. The van der Waals surface area contributed by atoms with Crippen LogP contribution in [0.5, 0.6) is 11.5 Å². The maximum Gasteiger partial charge on any atom is 0.329 e. The van der Waals surface area contributed by atoms with Gasteiger partial charge in [-0.2, -0.15) is 0 Å². The van der Waals surface area contributed by atoms with E-state index in [1.165, 1.54) is 40.8 Å². The molecule has 56 heavy (non-hydrogen) atoms. The van der Waals surface area contributed by atoms with E-state index in [9.17, 15) is 9.90 Å². The Balaban J connectivity index is 1.01. The Morgan fingerprint density at radius 2 is 1.79 bits per heavy atom. The monoisotopic (exact) mass is 777 g/mol. The highest BCUT2D eigenvalue weighted by Gasteiger charge is 2.54. The van der Waals surface area contributed by atoms with Gasteiger partial charge >= 0.3 is 5.97 Å². The third-order valence-electron chi connectivity index (χ3n) is 12.9. The number of aliphatic carboxylic acids is 1. The number of hydrogen-bond acceptors (Lipinski definition) is 6. The number of pyridine rings is 1. The van der Waals surface area contributed by atoms with Gasteiger partial charge in [0, 0.05) is 28.2 Å². The Labute approximate surface area is 339 Å². The number of carboxylic acid groups (broad SMARTS) is 1. The lowest BCUT2D eigenvalue weighted by atomic mass is 9.59. The lowest BCUT2D eigenvalue weighted by Gasteiger charge is -2.47. The number of nitrogens with zero attached hydrogens (tertiary/aromatic N) is 1. The molecular formula is C48H60ClN3O4. The molecule has 3 aliphatic carbocycles. The summed E-state index contributed by atoms with van der Waals surface area (Å²) in [6, 6.07) is 26.8. The number of unbranched alkanes of at least 4 members (excludes halogenated alkanes) is 1. The zero-order valence-electron chi connectivity index (χ0n) is 33.3. The molecule has 8 heteroatoms. The fraction of sp³-hybridized carbons (Fsp3) is 0.500. The van der Waals surface area contributed by atoms with Gasteiger partial charge in [-0.05, 0) is 173 Å². The van der Waals surface area contributed by atoms with Crippen LogP contribution in [-0.2, 0) is 29.5 Å². The zero-order valence-corrected chi connectivity index (χ0v) is 34.1. The highest BCUT2D eigenvalue weighted by Crippen LogP contribution is 2.57. The molecule has 0 bridgehead atoms. The number of anilines is 1. The van der Waals surface area contributed by atoms with Gasteiger partial charge in [0.15, 0.2) is 0 Å². The van der Waals surface area contributed by atoms with Crippen molar-refractivity contribution in [2.45, 2.75) is 114 Å². The number of rotatable bonds is 18. The molecule has 1 heterocycles. The number of aromatic nitrogens is 1. The molecular weight excluding hydrogens is 718 g/mol. The number of hydrogen-bond donors (Lipinski definition) is 3. The van der Waals surface area contributed by atoms with Crippen LogP contribution in [0.15, 0.2) is 85.1 Å². The van der Waals surface area contributed by atoms with Gasteiger partial charge in [-0.15, -0.1) is 0 Å². The first kappa shape index (κ1) is 40.1. The summed E-state index contributed by atoms with van der Waals surface area (Å²) in [7, 11) is 0. The number of ether oxygens (including phenoxy) is 2. The molecule has 3 aromatic carbocycles. The number of halogens is 1. The lowest BCUT2D eigenvalue weighted by Crippen LogP contribution is -2.53. The van der Waals surface area contributed by atoms with Gasteiger partial charge in [-0.1, -0.05) is 67.9 Å². The highest BCUT2D eigenvalue weighted by molar-refractivity contribution is 6.30. The van der Waals surface area contributed by atoms with Crippen LogP contribution in [0.2, 0.25) is 5.02 Å². The van der Waals surface area contributed by atoms with E-state index in [2.05, 4.69) is 78.0 Å². The van der Waals surface area contributed by atoms with Crippen LogP contribution in [0.25, 0.3) is 0 Å². The lowest BCUT2D eigenvalue weighted by molar-refractivity contribution is -0.144. The quantitative estimate of drug-likeness (QED) is 0.0866. The smallest absolute Gasteiger partial charge is 0.329 e. The summed E-state index contributed by atoms with van der Waals surface area (Å²) in [5, 5.41) is 18.3. The van der Waals surface area contributed by atoms with E-state index in [0.717, 1.165) is 88.1 Å². The Bertz CT molecular complexity index is 1910. The van der Waals surface area contributed by atoms with Crippen LogP contribution < -0.4 is 20.1 Å². The minimum absolute atomic E-state index is 0.133. The summed E-state index contributed by atoms with van der Waals surface area (Å²) in [5.74, 6) is 2.28. The highest BCUT2D eigenvalue weighted by atomic mass is 35.5. The van der Waals surface area contributed by atoms with E-state index in [-0.39, 0.29) is 5.41 Å². The molecule has 1 saturated carbocycles. The van der Waals surface area contributed by atoms with E-state index in [1.54, 1.807) is 0 Å². The first-order valence-corrected chi connectivity index (χ1v) is 21.5. The predicted octanol–water partition coefficient (Wildman–Crippen LogP) is 10.6. The average molecular weight is 778 g/mol. The normalized spacial score (nSPS) is 23.3.